The minimum atomic E-state index is 1.22. The van der Waals surface area contributed by atoms with Crippen molar-refractivity contribution in [2.45, 2.75) is 137 Å². The molecule has 0 aliphatic carbocycles. The van der Waals surface area contributed by atoms with Crippen LogP contribution in [-0.4, -0.2) is 4.57 Å². The Bertz CT molecular complexity index is 392. The average Bonchev–Trinajstić information content (AvgIpc) is 3.03. The number of rotatable bonds is 18. The zero-order valence-electron chi connectivity index (χ0n) is 18.3. The third-order valence-corrected chi connectivity index (χ3v) is 5.60. The first-order valence-electron chi connectivity index (χ1n) is 11.9. The Kier molecular flexibility index (Phi) is 14.7. The number of aromatic nitrogens is 2. The summed E-state index contributed by atoms with van der Waals surface area (Å²) >= 11 is 0. The van der Waals surface area contributed by atoms with E-state index in [1.54, 1.807) is 5.82 Å². The van der Waals surface area contributed by atoms with Gasteiger partial charge in [-0.15, -0.1) is 0 Å². The highest BCUT2D eigenvalue weighted by Gasteiger charge is 2.16. The van der Waals surface area contributed by atoms with Crippen LogP contribution in [0.1, 0.15) is 123 Å². The van der Waals surface area contributed by atoms with Gasteiger partial charge < -0.3 is 0 Å². The summed E-state index contributed by atoms with van der Waals surface area (Å²) in [6, 6.07) is 0. The van der Waals surface area contributed by atoms with Gasteiger partial charge in [0, 0.05) is 6.42 Å². The lowest BCUT2D eigenvalue weighted by Gasteiger charge is -2.06. The molecule has 0 saturated heterocycles. The van der Waals surface area contributed by atoms with E-state index in [4.69, 9.17) is 0 Å². The normalized spacial score (nSPS) is 11.3. The van der Waals surface area contributed by atoms with Gasteiger partial charge in [0.25, 0.3) is 5.82 Å². The summed E-state index contributed by atoms with van der Waals surface area (Å²) in [6.07, 6.45) is 26.6. The van der Waals surface area contributed by atoms with Crippen LogP contribution in [0.3, 0.4) is 0 Å². The molecule has 1 rings (SSSR count). The Morgan fingerprint density at radius 3 is 1.85 bits per heavy atom. The molecule has 0 amide bonds. The zero-order valence-corrected chi connectivity index (χ0v) is 18.3. The highest BCUT2D eigenvalue weighted by atomic mass is 15.1. The predicted molar refractivity (Wildman–Crippen MR) is 115 cm³/mol. The summed E-state index contributed by atoms with van der Waals surface area (Å²) in [5.74, 6) is 1.59. The Morgan fingerprint density at radius 1 is 0.654 bits per heavy atom. The van der Waals surface area contributed by atoms with Crippen LogP contribution in [0.2, 0.25) is 0 Å². The van der Waals surface area contributed by atoms with Gasteiger partial charge in [-0.25, -0.2) is 9.13 Å². The van der Waals surface area contributed by atoms with E-state index in [2.05, 4.69) is 42.3 Å². The number of hydrogen-bond donors (Lipinski definition) is 0. The fraction of sp³-hybridized carbons (Fsp3) is 0.875. The zero-order chi connectivity index (χ0) is 18.9. The van der Waals surface area contributed by atoms with E-state index in [-0.39, 0.29) is 0 Å². The van der Waals surface area contributed by atoms with Crippen LogP contribution in [-0.2, 0) is 19.5 Å². The van der Waals surface area contributed by atoms with Crippen molar-refractivity contribution in [3.05, 3.63) is 18.2 Å². The highest BCUT2D eigenvalue weighted by Crippen LogP contribution is 2.11. The van der Waals surface area contributed by atoms with Gasteiger partial charge in [-0.2, -0.15) is 0 Å². The molecule has 0 unspecified atom stereocenters. The van der Waals surface area contributed by atoms with Gasteiger partial charge in [-0.05, 0) is 32.1 Å². The van der Waals surface area contributed by atoms with Crippen LogP contribution >= 0.6 is 0 Å². The van der Waals surface area contributed by atoms with Gasteiger partial charge in [0.15, 0.2) is 0 Å². The summed E-state index contributed by atoms with van der Waals surface area (Å²) in [5, 5.41) is 0. The Hall–Kier alpha value is -0.790. The molecule has 0 aliphatic heterocycles. The maximum absolute atomic E-state index is 2.56. The Morgan fingerprint density at radius 2 is 1.19 bits per heavy atom. The number of nitrogens with zero attached hydrogens (tertiary/aromatic N) is 2. The molecule has 1 heterocycles. The summed E-state index contributed by atoms with van der Waals surface area (Å²) in [6.45, 7) is 9.33. The minimum absolute atomic E-state index is 1.22. The minimum Gasteiger partial charge on any atom is -0.234 e. The molecule has 26 heavy (non-hydrogen) atoms. The van der Waals surface area contributed by atoms with Crippen molar-refractivity contribution in [3.8, 4) is 0 Å². The van der Waals surface area contributed by atoms with Gasteiger partial charge in [0.2, 0.25) is 0 Å². The molecule has 1 aromatic rings. The first kappa shape index (κ1) is 23.2. The van der Waals surface area contributed by atoms with Crippen molar-refractivity contribution < 1.29 is 4.57 Å². The molecule has 152 valence electrons. The molecule has 1 aromatic heterocycles. The van der Waals surface area contributed by atoms with E-state index in [0.717, 1.165) is 0 Å². The van der Waals surface area contributed by atoms with E-state index in [1.807, 2.05) is 0 Å². The maximum Gasteiger partial charge on any atom is 0.256 e. The van der Waals surface area contributed by atoms with E-state index in [1.165, 1.54) is 116 Å². The molecule has 0 atom stereocenters. The second kappa shape index (κ2) is 16.4. The molecule has 0 N–H and O–H groups in total. The first-order valence-corrected chi connectivity index (χ1v) is 11.9. The number of unbranched alkanes of at least 4 members (excludes halogenated alkanes) is 12. The molecule has 0 bridgehead atoms. The van der Waals surface area contributed by atoms with Crippen LogP contribution in [0.5, 0.6) is 0 Å². The average molecular weight is 364 g/mol. The molecule has 0 radical (unpaired) electrons. The fourth-order valence-electron chi connectivity index (χ4n) is 3.85. The summed E-state index contributed by atoms with van der Waals surface area (Å²) in [4.78, 5) is 0. The second-order valence-corrected chi connectivity index (χ2v) is 8.09. The lowest BCUT2D eigenvalue weighted by Crippen LogP contribution is -2.37. The molecule has 0 aliphatic rings. The lowest BCUT2D eigenvalue weighted by molar-refractivity contribution is -0.704. The van der Waals surface area contributed by atoms with E-state index in [0.29, 0.717) is 0 Å². The highest BCUT2D eigenvalue weighted by molar-refractivity contribution is 4.84. The van der Waals surface area contributed by atoms with Crippen molar-refractivity contribution >= 4 is 0 Å². The Labute approximate surface area is 164 Å². The van der Waals surface area contributed by atoms with Crippen LogP contribution in [0.4, 0.5) is 0 Å². The SMILES string of the molecule is CCCCCCCCCc1n(CCCCCC)cc[n+]1CCCCCC. The molecule has 0 aromatic carbocycles. The van der Waals surface area contributed by atoms with Gasteiger partial charge in [0.1, 0.15) is 12.4 Å². The summed E-state index contributed by atoms with van der Waals surface area (Å²) in [7, 11) is 0. The topological polar surface area (TPSA) is 8.81 Å². The maximum atomic E-state index is 2.56. The predicted octanol–water partition coefficient (Wildman–Crippen LogP) is 7.23. The van der Waals surface area contributed by atoms with E-state index >= 15 is 0 Å². The van der Waals surface area contributed by atoms with Crippen molar-refractivity contribution in [1.29, 1.82) is 0 Å². The second-order valence-electron chi connectivity index (χ2n) is 8.09. The van der Waals surface area contributed by atoms with Crippen molar-refractivity contribution in [2.24, 2.45) is 0 Å². The van der Waals surface area contributed by atoms with Crippen LogP contribution in [0.15, 0.2) is 12.4 Å². The number of hydrogen-bond acceptors (Lipinski definition) is 0. The molecule has 2 nitrogen and oxygen atoms in total. The summed E-state index contributed by atoms with van der Waals surface area (Å²) < 4.78 is 5.12. The standard InChI is InChI=1S/C24H47N2/c1-4-7-10-13-14-15-16-19-24-25(20-17-11-8-5-2)22-23-26(24)21-18-12-9-6-3/h22-23H,4-21H2,1-3H3/q+1. The molecule has 0 fully saturated rings. The molecular formula is C24H47N2+. The quantitative estimate of drug-likeness (QED) is 0.192. The van der Waals surface area contributed by atoms with Gasteiger partial charge in [-0.3, -0.25) is 0 Å². The van der Waals surface area contributed by atoms with Crippen molar-refractivity contribution in [1.82, 2.24) is 4.57 Å². The number of aryl methyl sites for hydroxylation is 2. The van der Waals surface area contributed by atoms with Crippen LogP contribution in [0.25, 0.3) is 0 Å². The monoisotopic (exact) mass is 363 g/mol. The third kappa shape index (κ3) is 10.4. The molecule has 2 heteroatoms. The van der Waals surface area contributed by atoms with E-state index < -0.39 is 0 Å². The number of imidazole rings is 1. The first-order chi connectivity index (χ1) is 12.8. The fourth-order valence-corrected chi connectivity index (χ4v) is 3.85. The molecular weight excluding hydrogens is 316 g/mol. The Balaban J connectivity index is 2.45. The van der Waals surface area contributed by atoms with Crippen LogP contribution in [0, 0.1) is 0 Å². The van der Waals surface area contributed by atoms with Gasteiger partial charge in [0.05, 0.1) is 13.1 Å². The van der Waals surface area contributed by atoms with Gasteiger partial charge in [-0.1, -0.05) is 85.0 Å². The van der Waals surface area contributed by atoms with Crippen molar-refractivity contribution in [3.63, 3.8) is 0 Å². The largest absolute Gasteiger partial charge is 0.256 e. The van der Waals surface area contributed by atoms with Crippen LogP contribution < -0.4 is 4.57 Å². The lowest BCUT2D eigenvalue weighted by atomic mass is 10.1. The molecule has 0 saturated carbocycles. The van der Waals surface area contributed by atoms with Crippen molar-refractivity contribution in [2.75, 3.05) is 0 Å². The third-order valence-electron chi connectivity index (χ3n) is 5.60. The van der Waals surface area contributed by atoms with Gasteiger partial charge >= 0.3 is 0 Å². The summed E-state index contributed by atoms with van der Waals surface area (Å²) in [5.41, 5.74) is 0. The molecule has 0 spiro atoms. The smallest absolute Gasteiger partial charge is 0.234 e. The van der Waals surface area contributed by atoms with E-state index in [9.17, 15) is 0 Å².